The molecule has 0 unspecified atom stereocenters. The van der Waals surface area contributed by atoms with Crippen molar-refractivity contribution in [3.63, 3.8) is 0 Å². The van der Waals surface area contributed by atoms with E-state index in [0.29, 0.717) is 0 Å². The van der Waals surface area contributed by atoms with Gasteiger partial charge in [-0.3, -0.25) is 9.97 Å². The summed E-state index contributed by atoms with van der Waals surface area (Å²) in [7, 11) is 0. The molecule has 2 aromatic carbocycles. The Morgan fingerprint density at radius 1 is 0.500 bits per heavy atom. The second kappa shape index (κ2) is 6.17. The van der Waals surface area contributed by atoms with E-state index in [1.807, 2.05) is 24.8 Å². The zero-order valence-electron chi connectivity index (χ0n) is 17.9. The summed E-state index contributed by atoms with van der Waals surface area (Å²) in [6.45, 7) is 4.48. The number of aryl methyl sites for hydroxylation is 2. The third-order valence-electron chi connectivity index (χ3n) is 6.85. The highest BCUT2D eigenvalue weighted by molar-refractivity contribution is 6.12. The van der Waals surface area contributed by atoms with Crippen LogP contribution in [-0.2, 0) is 0 Å². The van der Waals surface area contributed by atoms with Crippen molar-refractivity contribution in [2.45, 2.75) is 13.8 Å². The van der Waals surface area contributed by atoms with Crippen molar-refractivity contribution in [3.05, 3.63) is 96.6 Å². The molecule has 0 amide bonds. The second-order valence-electron chi connectivity index (χ2n) is 8.44. The molecule has 0 atom stereocenters. The van der Waals surface area contributed by atoms with Crippen LogP contribution in [0, 0.1) is 13.8 Å². The maximum absolute atomic E-state index is 4.50. The van der Waals surface area contributed by atoms with Crippen LogP contribution in [0.3, 0.4) is 0 Å². The number of hydrogen-bond acceptors (Lipinski definition) is 2. The average Bonchev–Trinajstić information content (AvgIpc) is 3.29. The Kier molecular flexibility index (Phi) is 3.37. The minimum Gasteiger partial charge on any atom is -0.307 e. The van der Waals surface area contributed by atoms with E-state index in [-0.39, 0.29) is 0 Å². The highest BCUT2D eigenvalue weighted by atomic mass is 15.0. The summed E-state index contributed by atoms with van der Waals surface area (Å²) in [5, 5.41) is 4.70. The Hall–Kier alpha value is -4.18. The van der Waals surface area contributed by atoms with Crippen LogP contribution >= 0.6 is 0 Å². The normalized spacial score (nSPS) is 12.1. The number of nitrogens with zero attached hydrogens (tertiary/aromatic N) is 4. The highest BCUT2D eigenvalue weighted by Gasteiger charge is 2.18. The predicted molar refractivity (Wildman–Crippen MR) is 132 cm³/mol. The lowest BCUT2D eigenvalue weighted by Crippen LogP contribution is -1.95. The van der Waals surface area contributed by atoms with Crippen LogP contribution in [0.25, 0.3) is 54.6 Å². The van der Waals surface area contributed by atoms with E-state index in [0.717, 1.165) is 21.8 Å². The van der Waals surface area contributed by atoms with Gasteiger partial charge in [-0.2, -0.15) is 0 Å². The van der Waals surface area contributed by atoms with Gasteiger partial charge in [0.25, 0.3) is 0 Å². The standard InChI is InChI=1S/C28H20N4/c1-17-19-7-3-5-9-23(19)31-25-11-13-29-15-21(25)22-16-30-14-12-26(22)32-24-10-6-4-8-20(24)18(2)28(32)27(17)31/h3-16H,1-2H3. The van der Waals surface area contributed by atoms with Crippen molar-refractivity contribution in [2.75, 3.05) is 0 Å². The van der Waals surface area contributed by atoms with E-state index < -0.39 is 0 Å². The molecule has 4 nitrogen and oxygen atoms in total. The van der Waals surface area contributed by atoms with Crippen molar-refractivity contribution < 1.29 is 0 Å². The van der Waals surface area contributed by atoms with Gasteiger partial charge < -0.3 is 8.80 Å². The van der Waals surface area contributed by atoms with Crippen LogP contribution in [0.1, 0.15) is 11.1 Å². The molecule has 0 fully saturated rings. The topological polar surface area (TPSA) is 34.6 Å². The highest BCUT2D eigenvalue weighted by Crippen LogP contribution is 2.37. The van der Waals surface area contributed by atoms with Gasteiger partial charge in [-0.05, 0) is 49.2 Å². The Morgan fingerprint density at radius 2 is 0.906 bits per heavy atom. The van der Waals surface area contributed by atoms with Crippen molar-refractivity contribution in [1.82, 2.24) is 18.8 Å². The van der Waals surface area contributed by atoms with Gasteiger partial charge >= 0.3 is 0 Å². The second-order valence-corrected chi connectivity index (χ2v) is 8.44. The fourth-order valence-corrected chi connectivity index (χ4v) is 5.45. The Bertz CT molecular complexity index is 1760. The minimum absolute atomic E-state index is 1.08. The fourth-order valence-electron chi connectivity index (χ4n) is 5.45. The third kappa shape index (κ3) is 2.06. The zero-order valence-corrected chi connectivity index (χ0v) is 17.9. The van der Waals surface area contributed by atoms with Gasteiger partial charge in [-0.1, -0.05) is 36.4 Å². The molecule has 0 aliphatic rings. The molecule has 0 aliphatic heterocycles. The number of aromatic nitrogens is 4. The maximum atomic E-state index is 4.50. The van der Waals surface area contributed by atoms with Gasteiger partial charge in [-0.15, -0.1) is 0 Å². The molecule has 5 heterocycles. The summed E-state index contributed by atoms with van der Waals surface area (Å²) in [4.78, 5) is 9.00. The monoisotopic (exact) mass is 412 g/mol. The van der Waals surface area contributed by atoms with E-state index in [1.54, 1.807) is 0 Å². The van der Waals surface area contributed by atoms with Crippen LogP contribution in [0.4, 0.5) is 0 Å². The van der Waals surface area contributed by atoms with Gasteiger partial charge in [0.05, 0.1) is 33.1 Å². The minimum atomic E-state index is 1.08. The number of benzene rings is 2. The number of hydrogen-bond donors (Lipinski definition) is 0. The van der Waals surface area contributed by atoms with Gasteiger partial charge in [0.15, 0.2) is 0 Å². The molecule has 0 radical (unpaired) electrons. The van der Waals surface area contributed by atoms with Gasteiger partial charge in [0.2, 0.25) is 0 Å². The van der Waals surface area contributed by atoms with Crippen LogP contribution in [-0.4, -0.2) is 18.8 Å². The molecule has 5 aromatic heterocycles. The maximum Gasteiger partial charge on any atom is 0.0742 e. The first-order chi connectivity index (χ1) is 15.8. The lowest BCUT2D eigenvalue weighted by molar-refractivity contribution is 1.25. The summed E-state index contributed by atoms with van der Waals surface area (Å²) in [5.41, 5.74) is 9.70. The first-order valence-electron chi connectivity index (χ1n) is 10.9. The predicted octanol–water partition coefficient (Wildman–Crippen LogP) is 6.77. The molecule has 4 heteroatoms. The molecule has 0 N–H and O–H groups in total. The summed E-state index contributed by atoms with van der Waals surface area (Å²) < 4.78 is 4.82. The molecule has 0 spiro atoms. The van der Waals surface area contributed by atoms with Crippen molar-refractivity contribution in [1.29, 1.82) is 0 Å². The average molecular weight is 412 g/mol. The number of para-hydroxylation sites is 2. The van der Waals surface area contributed by atoms with E-state index in [2.05, 4.69) is 93.3 Å². The first-order valence-corrected chi connectivity index (χ1v) is 10.9. The quantitative estimate of drug-likeness (QED) is 0.275. The number of fused-ring (bicyclic) bond motifs is 12. The van der Waals surface area contributed by atoms with Gasteiger partial charge in [0.1, 0.15) is 0 Å². The number of pyridine rings is 2. The molecule has 0 bridgehead atoms. The molecule has 0 saturated carbocycles. The molecule has 0 aliphatic carbocycles. The van der Waals surface area contributed by atoms with Crippen LogP contribution in [0.5, 0.6) is 0 Å². The van der Waals surface area contributed by atoms with E-state index in [1.165, 1.54) is 44.0 Å². The van der Waals surface area contributed by atoms with Gasteiger partial charge in [-0.25, -0.2) is 0 Å². The SMILES string of the molecule is Cc1c2ccccc2n2c3ccncc3c3cnccc3n3c4ccccc4c(C)c3c12. The third-order valence-corrected chi connectivity index (χ3v) is 6.85. The molecule has 152 valence electrons. The summed E-state index contributed by atoms with van der Waals surface area (Å²) >= 11 is 0. The Morgan fingerprint density at radius 3 is 1.38 bits per heavy atom. The summed E-state index contributed by atoms with van der Waals surface area (Å²) in [6, 6.07) is 21.6. The largest absolute Gasteiger partial charge is 0.307 e. The van der Waals surface area contributed by atoms with E-state index >= 15 is 0 Å². The Labute approximate surface area is 184 Å². The van der Waals surface area contributed by atoms with E-state index in [4.69, 9.17) is 0 Å². The van der Waals surface area contributed by atoms with Crippen LogP contribution in [0.15, 0.2) is 85.5 Å². The van der Waals surface area contributed by atoms with Gasteiger partial charge in [0, 0.05) is 46.3 Å². The molecule has 32 heavy (non-hydrogen) atoms. The smallest absolute Gasteiger partial charge is 0.0742 e. The summed E-state index contributed by atoms with van der Waals surface area (Å²) in [6.07, 6.45) is 7.69. The van der Waals surface area contributed by atoms with Crippen molar-refractivity contribution in [2.24, 2.45) is 0 Å². The lowest BCUT2D eigenvalue weighted by Gasteiger charge is -2.10. The van der Waals surface area contributed by atoms with Crippen molar-refractivity contribution in [3.8, 4) is 0 Å². The molecular formula is C28H20N4. The summed E-state index contributed by atoms with van der Waals surface area (Å²) in [5.74, 6) is 0. The zero-order chi connectivity index (χ0) is 21.4. The molecular weight excluding hydrogens is 392 g/mol. The first kappa shape index (κ1) is 17.5. The Balaban J connectivity index is 2.04. The lowest BCUT2D eigenvalue weighted by atomic mass is 10.1. The fraction of sp³-hybridized carbons (Fsp3) is 0.0714. The van der Waals surface area contributed by atoms with Crippen molar-refractivity contribution >= 4 is 54.6 Å². The van der Waals surface area contributed by atoms with Crippen LogP contribution in [0.2, 0.25) is 0 Å². The van der Waals surface area contributed by atoms with Crippen LogP contribution < -0.4 is 0 Å². The molecule has 7 rings (SSSR count). The molecule has 0 saturated heterocycles. The van der Waals surface area contributed by atoms with E-state index in [9.17, 15) is 0 Å². The molecule has 7 aromatic rings. The number of rotatable bonds is 0.